The maximum absolute atomic E-state index is 13.9. The molecule has 2 heterocycles. The second-order valence-electron chi connectivity index (χ2n) is 5.89. The Bertz CT molecular complexity index is 949. The minimum absolute atomic E-state index is 0.00682. The van der Waals surface area contributed by atoms with Crippen molar-refractivity contribution in [2.24, 2.45) is 0 Å². The normalized spacial score (nSPS) is 21.3. The maximum Gasteiger partial charge on any atom is 0.473 e. The van der Waals surface area contributed by atoms with Gasteiger partial charge >= 0.3 is 12.0 Å². The molecule has 0 saturated heterocycles. The minimum Gasteiger partial charge on any atom is -0.440 e. The molecule has 128 valence electrons. The van der Waals surface area contributed by atoms with Gasteiger partial charge in [-0.25, -0.2) is 0 Å². The first-order chi connectivity index (χ1) is 11.7. The Morgan fingerprint density at radius 2 is 1.72 bits per heavy atom. The lowest BCUT2D eigenvalue weighted by Gasteiger charge is -2.42. The van der Waals surface area contributed by atoms with Crippen LogP contribution in [0.15, 0.2) is 46.4 Å². The summed E-state index contributed by atoms with van der Waals surface area (Å²) in [5.74, 6) is -4.06. The van der Waals surface area contributed by atoms with Gasteiger partial charge in [0.25, 0.3) is 0 Å². The molecule has 0 spiro atoms. The smallest absolute Gasteiger partial charge is 0.440 e. The van der Waals surface area contributed by atoms with Gasteiger partial charge in [0.2, 0.25) is 5.78 Å². The number of ether oxygens (including phenoxy) is 2. The largest absolute Gasteiger partial charge is 0.473 e. The Morgan fingerprint density at radius 1 is 1.04 bits per heavy atom. The molecular formula is C18H10BrF3O3. The van der Waals surface area contributed by atoms with Crippen LogP contribution in [0.4, 0.5) is 13.2 Å². The zero-order valence-corrected chi connectivity index (χ0v) is 14.4. The fraction of sp³-hybridized carbons (Fsp3) is 0.167. The van der Waals surface area contributed by atoms with Crippen LogP contribution in [-0.4, -0.2) is 17.7 Å². The number of carbonyl (C=O) groups is 1. The molecule has 2 aromatic rings. The predicted octanol–water partition coefficient (Wildman–Crippen LogP) is 5.07. The summed E-state index contributed by atoms with van der Waals surface area (Å²) in [5, 5.41) is 0. The summed E-state index contributed by atoms with van der Waals surface area (Å²) in [7, 11) is 0. The van der Waals surface area contributed by atoms with Crippen molar-refractivity contribution in [2.45, 2.75) is 18.9 Å². The molecule has 2 aliphatic heterocycles. The van der Waals surface area contributed by atoms with Gasteiger partial charge in [-0.15, -0.1) is 0 Å². The van der Waals surface area contributed by atoms with E-state index in [0.717, 1.165) is 5.56 Å². The van der Waals surface area contributed by atoms with Gasteiger partial charge in [0.15, 0.2) is 0 Å². The molecule has 3 nitrogen and oxygen atoms in total. The number of carbonyl (C=O) groups excluding carboxylic acids is 1. The van der Waals surface area contributed by atoms with Gasteiger partial charge in [-0.1, -0.05) is 27.6 Å². The number of hydrogen-bond donors (Lipinski definition) is 0. The number of rotatable bonds is 0. The number of aryl methyl sites for hydroxylation is 1. The molecular weight excluding hydrogens is 401 g/mol. The highest BCUT2D eigenvalue weighted by atomic mass is 79.9. The molecule has 0 radical (unpaired) electrons. The number of benzene rings is 2. The van der Waals surface area contributed by atoms with Crippen LogP contribution in [0.2, 0.25) is 0 Å². The van der Waals surface area contributed by atoms with Crippen molar-refractivity contribution in [3.05, 3.63) is 63.1 Å². The second kappa shape index (κ2) is 5.11. The van der Waals surface area contributed by atoms with Gasteiger partial charge in [0.1, 0.15) is 11.5 Å². The van der Waals surface area contributed by atoms with Crippen molar-refractivity contribution in [1.29, 1.82) is 0 Å². The summed E-state index contributed by atoms with van der Waals surface area (Å²) in [6, 6.07) is 8.99. The van der Waals surface area contributed by atoms with Crippen molar-refractivity contribution >= 4 is 27.8 Å². The number of halogens is 4. The molecule has 1 unspecified atom stereocenters. The van der Waals surface area contributed by atoms with Crippen LogP contribution in [0, 0.1) is 6.92 Å². The van der Waals surface area contributed by atoms with Crippen LogP contribution in [-0.2, 0) is 0 Å². The monoisotopic (exact) mass is 410 g/mol. The lowest BCUT2D eigenvalue weighted by atomic mass is 9.87. The van der Waals surface area contributed by atoms with Crippen molar-refractivity contribution in [2.75, 3.05) is 0 Å². The van der Waals surface area contributed by atoms with Crippen LogP contribution in [0.25, 0.3) is 6.08 Å². The minimum atomic E-state index is -4.94. The third kappa shape index (κ3) is 2.29. The molecule has 1 atom stereocenters. The van der Waals surface area contributed by atoms with Gasteiger partial charge < -0.3 is 9.47 Å². The molecule has 0 fully saturated rings. The highest BCUT2D eigenvalue weighted by Crippen LogP contribution is 2.50. The summed E-state index contributed by atoms with van der Waals surface area (Å²) in [4.78, 5) is 12.8. The quantitative estimate of drug-likeness (QED) is 0.608. The number of Topliss-reactive ketones (excluding diaryl/α,β-unsaturated/α-hetero) is 1. The third-order valence-corrected chi connectivity index (χ3v) is 4.62. The van der Waals surface area contributed by atoms with Gasteiger partial charge in [-0.2, -0.15) is 13.2 Å². The molecule has 0 saturated carbocycles. The number of alkyl halides is 3. The van der Waals surface area contributed by atoms with E-state index in [9.17, 15) is 18.0 Å². The average molecular weight is 411 g/mol. The number of hydrogen-bond acceptors (Lipinski definition) is 3. The standard InChI is InChI=1S/C18H10BrF3O3/c1-9-2-4-15-12(6-9)16(23)13-8-10-7-11(19)3-5-14(10)24-17(13,25-15)18(20,21)22/h2-8H,1H3. The van der Waals surface area contributed by atoms with E-state index in [0.29, 0.717) is 10.0 Å². The highest BCUT2D eigenvalue weighted by molar-refractivity contribution is 9.10. The Balaban J connectivity index is 2.00. The van der Waals surface area contributed by atoms with Crippen LogP contribution >= 0.6 is 15.9 Å². The summed E-state index contributed by atoms with van der Waals surface area (Å²) < 4.78 is 53.0. The van der Waals surface area contributed by atoms with Crippen LogP contribution < -0.4 is 9.47 Å². The van der Waals surface area contributed by atoms with Gasteiger partial charge in [-0.3, -0.25) is 4.79 Å². The van der Waals surface area contributed by atoms with E-state index < -0.39 is 23.3 Å². The van der Waals surface area contributed by atoms with Gasteiger partial charge in [0.05, 0.1) is 11.1 Å². The van der Waals surface area contributed by atoms with E-state index in [1.165, 1.54) is 24.3 Å². The summed E-state index contributed by atoms with van der Waals surface area (Å²) >= 11 is 3.26. The molecule has 4 rings (SSSR count). The topological polar surface area (TPSA) is 35.5 Å². The van der Waals surface area contributed by atoms with Crippen molar-refractivity contribution in [1.82, 2.24) is 0 Å². The third-order valence-electron chi connectivity index (χ3n) is 4.13. The van der Waals surface area contributed by atoms with Crippen LogP contribution in [0.5, 0.6) is 11.5 Å². The highest BCUT2D eigenvalue weighted by Gasteiger charge is 2.68. The summed E-state index contributed by atoms with van der Waals surface area (Å²) in [6.07, 6.45) is -3.76. The van der Waals surface area contributed by atoms with Crippen molar-refractivity contribution in [3.8, 4) is 11.5 Å². The van der Waals surface area contributed by atoms with E-state index >= 15 is 0 Å². The zero-order valence-electron chi connectivity index (χ0n) is 12.8. The molecule has 0 amide bonds. The SMILES string of the molecule is Cc1ccc2c(c1)C(=O)C1=Cc3cc(Br)ccc3OC1(C(F)(F)F)O2. The molecule has 0 aliphatic carbocycles. The molecule has 2 aromatic carbocycles. The summed E-state index contributed by atoms with van der Waals surface area (Å²) in [5.41, 5.74) is 0.629. The molecule has 0 aromatic heterocycles. The Hall–Kier alpha value is -2.28. The van der Waals surface area contributed by atoms with Crippen molar-refractivity contribution in [3.63, 3.8) is 0 Å². The van der Waals surface area contributed by atoms with E-state index in [-0.39, 0.29) is 17.1 Å². The molecule has 2 aliphatic rings. The maximum atomic E-state index is 13.9. The number of ketones is 1. The average Bonchev–Trinajstić information content (AvgIpc) is 2.53. The van der Waals surface area contributed by atoms with Crippen LogP contribution in [0.3, 0.4) is 0 Å². The van der Waals surface area contributed by atoms with Crippen LogP contribution in [0.1, 0.15) is 21.5 Å². The lowest BCUT2D eigenvalue weighted by molar-refractivity contribution is -0.303. The Kier molecular flexibility index (Phi) is 3.31. The van der Waals surface area contributed by atoms with E-state index in [1.54, 1.807) is 25.1 Å². The van der Waals surface area contributed by atoms with E-state index in [4.69, 9.17) is 9.47 Å². The van der Waals surface area contributed by atoms with Crippen molar-refractivity contribution < 1.29 is 27.4 Å². The molecule has 0 bridgehead atoms. The van der Waals surface area contributed by atoms with Gasteiger partial charge in [0, 0.05) is 10.0 Å². The lowest BCUT2D eigenvalue weighted by Crippen LogP contribution is -2.60. The molecule has 7 heteroatoms. The Labute approximate surface area is 149 Å². The molecule has 0 N–H and O–H groups in total. The fourth-order valence-corrected chi connectivity index (χ4v) is 3.33. The van der Waals surface area contributed by atoms with Gasteiger partial charge in [-0.05, 0) is 43.3 Å². The predicted molar refractivity (Wildman–Crippen MR) is 87.7 cm³/mol. The Morgan fingerprint density at radius 3 is 2.44 bits per heavy atom. The zero-order chi connectivity index (χ0) is 18.0. The second-order valence-corrected chi connectivity index (χ2v) is 6.80. The summed E-state index contributed by atoms with van der Waals surface area (Å²) in [6.45, 7) is 1.75. The first-order valence-corrected chi connectivity index (χ1v) is 8.12. The first-order valence-electron chi connectivity index (χ1n) is 7.33. The first kappa shape index (κ1) is 16.2. The van der Waals surface area contributed by atoms with E-state index in [2.05, 4.69) is 15.9 Å². The number of fused-ring (bicyclic) bond motifs is 3. The fourth-order valence-electron chi connectivity index (χ4n) is 2.95. The van der Waals surface area contributed by atoms with E-state index in [1.807, 2.05) is 0 Å². The molecule has 25 heavy (non-hydrogen) atoms.